The maximum Gasteiger partial charge on any atom is 0.287 e. The van der Waals surface area contributed by atoms with Crippen molar-refractivity contribution < 1.29 is 19.5 Å². The highest BCUT2D eigenvalue weighted by atomic mass is 32.1. The van der Waals surface area contributed by atoms with Gasteiger partial charge in [0.05, 0.1) is 18.2 Å². The third-order valence-electron chi connectivity index (χ3n) is 6.87. The predicted molar refractivity (Wildman–Crippen MR) is 168 cm³/mol. The summed E-state index contributed by atoms with van der Waals surface area (Å²) in [5.74, 6) is -1.29. The maximum absolute atomic E-state index is 13.2. The molecular formula is C34H37N3O4S. The van der Waals surface area contributed by atoms with E-state index in [1.54, 1.807) is 17.4 Å². The number of nitrogens with zero attached hydrogens (tertiary/aromatic N) is 1. The smallest absolute Gasteiger partial charge is 0.287 e. The molecule has 42 heavy (non-hydrogen) atoms. The third kappa shape index (κ3) is 7.69. The van der Waals surface area contributed by atoms with Crippen molar-refractivity contribution in [2.75, 3.05) is 6.54 Å². The van der Waals surface area contributed by atoms with Gasteiger partial charge < -0.3 is 15.7 Å². The van der Waals surface area contributed by atoms with Crippen LogP contribution in [0.2, 0.25) is 0 Å². The van der Waals surface area contributed by atoms with E-state index in [-0.39, 0.29) is 24.6 Å². The molecule has 218 valence electrons. The number of carbonyl (C=O) groups is 3. The molecule has 3 N–H and O–H groups in total. The minimum absolute atomic E-state index is 0.00289. The molecule has 0 atom stereocenters. The lowest BCUT2D eigenvalue weighted by atomic mass is 9.93. The molecule has 1 aliphatic carbocycles. The Morgan fingerprint density at radius 2 is 1.69 bits per heavy atom. The molecule has 3 aromatic carbocycles. The Morgan fingerprint density at radius 1 is 1.00 bits per heavy atom. The molecule has 7 nitrogen and oxygen atoms in total. The van der Waals surface area contributed by atoms with Crippen LogP contribution in [-0.2, 0) is 28.2 Å². The third-order valence-corrected chi connectivity index (χ3v) is 7.99. The number of nitrogens with one attached hydrogen (secondary N) is 2. The van der Waals surface area contributed by atoms with Crippen LogP contribution in [0, 0.1) is 11.3 Å². The van der Waals surface area contributed by atoms with Crippen LogP contribution in [0.5, 0.6) is 0 Å². The first-order valence-electron chi connectivity index (χ1n) is 14.1. The molecule has 0 spiro atoms. The molecule has 1 aromatic heterocycles. The number of ketones is 1. The van der Waals surface area contributed by atoms with Gasteiger partial charge in [-0.15, -0.1) is 11.3 Å². The molecule has 5 rings (SSSR count). The minimum Gasteiger partial charge on any atom is -0.391 e. The van der Waals surface area contributed by atoms with Crippen molar-refractivity contribution in [1.82, 2.24) is 10.6 Å². The Labute approximate surface area is 251 Å². The molecule has 0 radical (unpaired) electrons. The zero-order valence-electron chi connectivity index (χ0n) is 24.5. The number of hydrogen-bond acceptors (Lipinski definition) is 6. The van der Waals surface area contributed by atoms with Crippen LogP contribution in [0.4, 0.5) is 0 Å². The topological polar surface area (TPSA) is 119 Å². The van der Waals surface area contributed by atoms with Crippen LogP contribution in [-0.4, -0.2) is 29.2 Å². The van der Waals surface area contributed by atoms with Crippen molar-refractivity contribution in [3.63, 3.8) is 0 Å². The number of aryl methyl sites for hydroxylation is 1. The zero-order valence-corrected chi connectivity index (χ0v) is 25.3. The fraction of sp³-hybridized carbons (Fsp3) is 0.294. The highest BCUT2D eigenvalue weighted by molar-refractivity contribution is 7.15. The second kappa shape index (κ2) is 15.1. The highest BCUT2D eigenvalue weighted by Crippen LogP contribution is 2.49. The van der Waals surface area contributed by atoms with Crippen LogP contribution in [0.15, 0.2) is 72.8 Å². The summed E-state index contributed by atoms with van der Waals surface area (Å²) in [6.45, 7) is 7.17. The normalized spacial score (nSPS) is 12.5. The number of fused-ring (bicyclic) bond motifs is 1. The summed E-state index contributed by atoms with van der Waals surface area (Å²) in [4.78, 5) is 35.8. The largest absolute Gasteiger partial charge is 0.391 e. The second-order valence-electron chi connectivity index (χ2n) is 9.61. The summed E-state index contributed by atoms with van der Waals surface area (Å²) < 4.78 is 0. The first-order valence-corrected chi connectivity index (χ1v) is 14.9. The van der Waals surface area contributed by atoms with Gasteiger partial charge in [0.25, 0.3) is 11.8 Å². The summed E-state index contributed by atoms with van der Waals surface area (Å²) in [6, 6.07) is 26.4. The van der Waals surface area contributed by atoms with E-state index >= 15 is 0 Å². The van der Waals surface area contributed by atoms with Crippen molar-refractivity contribution in [3.05, 3.63) is 94.4 Å². The van der Waals surface area contributed by atoms with E-state index in [9.17, 15) is 19.5 Å². The number of nitriles is 1. The number of thiophene rings is 1. The van der Waals surface area contributed by atoms with E-state index in [1.165, 1.54) is 16.3 Å². The van der Waals surface area contributed by atoms with Crippen molar-refractivity contribution in [2.45, 2.75) is 59.1 Å². The molecule has 0 saturated heterocycles. The number of rotatable bonds is 8. The predicted octanol–water partition coefficient (Wildman–Crippen LogP) is 6.28. The van der Waals surface area contributed by atoms with Gasteiger partial charge in [-0.25, -0.2) is 0 Å². The molecule has 0 unspecified atom stereocenters. The highest BCUT2D eigenvalue weighted by Gasteiger charge is 2.47. The fourth-order valence-corrected chi connectivity index (χ4v) is 5.49. The summed E-state index contributed by atoms with van der Waals surface area (Å²) in [7, 11) is 0. The van der Waals surface area contributed by atoms with E-state index in [0.717, 1.165) is 52.6 Å². The van der Waals surface area contributed by atoms with Crippen molar-refractivity contribution in [2.24, 2.45) is 0 Å². The lowest BCUT2D eigenvalue weighted by Crippen LogP contribution is -2.35. The average Bonchev–Trinajstić information content (AvgIpc) is 3.64. The minimum atomic E-state index is -0.712. The number of aliphatic hydroxyl groups is 1. The Kier molecular flexibility index (Phi) is 11.5. The molecule has 1 heterocycles. The Morgan fingerprint density at radius 3 is 2.31 bits per heavy atom. The van der Waals surface area contributed by atoms with E-state index < -0.39 is 11.7 Å². The number of amides is 2. The van der Waals surface area contributed by atoms with Gasteiger partial charge in [-0.1, -0.05) is 63.2 Å². The molecule has 0 aliphatic heterocycles. The van der Waals surface area contributed by atoms with E-state index in [4.69, 9.17) is 5.26 Å². The van der Waals surface area contributed by atoms with Gasteiger partial charge in [0.1, 0.15) is 6.54 Å². The second-order valence-corrected chi connectivity index (χ2v) is 10.8. The van der Waals surface area contributed by atoms with Crippen LogP contribution in [0.25, 0.3) is 21.2 Å². The lowest BCUT2D eigenvalue weighted by molar-refractivity contribution is -0.136. The maximum atomic E-state index is 13.2. The number of Topliss-reactive ketones (excluding diaryl/α,β-unsaturated/α-hetero) is 1. The molecule has 1 saturated carbocycles. The first-order chi connectivity index (χ1) is 20.3. The van der Waals surface area contributed by atoms with Crippen LogP contribution in [0.3, 0.4) is 0 Å². The van der Waals surface area contributed by atoms with Gasteiger partial charge in [-0.3, -0.25) is 14.4 Å². The van der Waals surface area contributed by atoms with Crippen LogP contribution in [0.1, 0.15) is 66.9 Å². The lowest BCUT2D eigenvalue weighted by Gasteiger charge is -2.22. The monoisotopic (exact) mass is 583 g/mol. The van der Waals surface area contributed by atoms with Crippen LogP contribution < -0.4 is 10.6 Å². The summed E-state index contributed by atoms with van der Waals surface area (Å²) in [6.07, 6.45) is 2.71. The number of hydrogen-bond donors (Lipinski definition) is 3. The quantitative estimate of drug-likeness (QED) is 0.167. The summed E-state index contributed by atoms with van der Waals surface area (Å²) in [5.41, 5.74) is 3.83. The SMILES string of the molecule is CC.CC(=O)C(=O)NCC#N.CCc1ccccc1C(=O)NC1(c2cc(-c3ccc(CO)s3)cc3ccccc23)CC1. The van der Waals surface area contributed by atoms with Crippen molar-refractivity contribution >= 4 is 39.7 Å². The summed E-state index contributed by atoms with van der Waals surface area (Å²) in [5, 5.41) is 25.2. The molecule has 0 bridgehead atoms. The van der Waals surface area contributed by atoms with Crippen LogP contribution >= 0.6 is 11.3 Å². The standard InChI is InChI=1S/C27H25NO2S.C5H6N2O2.C2H6/c1-2-18-7-3-6-10-23(18)26(30)28-27(13-14-27)24-16-20(25-12-11-21(17-29)31-25)15-19-8-4-5-9-22(19)24;1-4(8)5(9)7-3-2-6;1-2/h3-12,15-16,29H,2,13-14,17H2,1H3,(H,28,30);3H2,1H3,(H,7,9);1-2H3. The molecule has 4 aromatic rings. The number of aliphatic hydroxyl groups excluding tert-OH is 1. The Bertz CT molecular complexity index is 1600. The van der Waals surface area contributed by atoms with Gasteiger partial charge in [0.15, 0.2) is 0 Å². The van der Waals surface area contributed by atoms with Gasteiger partial charge in [0.2, 0.25) is 5.78 Å². The molecule has 2 amide bonds. The van der Waals surface area contributed by atoms with E-state index in [2.05, 4.69) is 60.0 Å². The van der Waals surface area contributed by atoms with Gasteiger partial charge in [-0.05, 0) is 77.1 Å². The molecule has 1 fully saturated rings. The van der Waals surface area contributed by atoms with E-state index in [0.29, 0.717) is 0 Å². The number of benzene rings is 3. The molecule has 1 aliphatic rings. The molecular weight excluding hydrogens is 546 g/mol. The number of carbonyl (C=O) groups excluding carboxylic acids is 3. The first kappa shape index (κ1) is 32.2. The van der Waals surface area contributed by atoms with Gasteiger partial charge in [0, 0.05) is 22.2 Å². The summed E-state index contributed by atoms with van der Waals surface area (Å²) >= 11 is 1.61. The van der Waals surface area contributed by atoms with Crippen molar-refractivity contribution in [1.29, 1.82) is 5.26 Å². The Hall–Kier alpha value is -4.32. The molecule has 8 heteroatoms. The van der Waals surface area contributed by atoms with Crippen molar-refractivity contribution in [3.8, 4) is 16.5 Å². The van der Waals surface area contributed by atoms with E-state index in [1.807, 2.05) is 44.2 Å². The average molecular weight is 584 g/mol. The Balaban J connectivity index is 0.000000379. The fourth-order valence-electron chi connectivity index (χ4n) is 4.63. The van der Waals surface area contributed by atoms with Gasteiger partial charge >= 0.3 is 0 Å². The van der Waals surface area contributed by atoms with Gasteiger partial charge in [-0.2, -0.15) is 5.26 Å². The zero-order chi connectivity index (χ0) is 30.7.